The lowest BCUT2D eigenvalue weighted by Gasteiger charge is -2.05. The fourth-order valence-electron chi connectivity index (χ4n) is 3.29. The van der Waals surface area contributed by atoms with Gasteiger partial charge in [0, 0.05) is 21.1 Å². The number of aromatic nitrogens is 1. The number of carbonyl (C=O) groups excluding carboxylic acids is 1. The molecule has 0 atom stereocenters. The normalized spacial score (nSPS) is 11.3. The average Bonchev–Trinajstić information content (AvgIpc) is 3.23. The van der Waals surface area contributed by atoms with Gasteiger partial charge in [0.25, 0.3) is 5.91 Å². The zero-order chi connectivity index (χ0) is 19.1. The third-order valence-corrected chi connectivity index (χ3v) is 5.11. The molecule has 2 aromatic heterocycles. The molecule has 2 heterocycles. The largest absolute Gasteiger partial charge is 0.451 e. The molecule has 0 aliphatic rings. The Morgan fingerprint density at radius 3 is 2.70 bits per heavy atom. The smallest absolute Gasteiger partial charge is 0.298 e. The lowest BCUT2D eigenvalue weighted by molar-refractivity contribution is 0.0936. The van der Waals surface area contributed by atoms with Gasteiger partial charge >= 0.3 is 0 Å². The fourth-order valence-corrected chi connectivity index (χ4v) is 3.63. The van der Waals surface area contributed by atoms with Crippen molar-refractivity contribution in [2.24, 2.45) is 0 Å². The van der Waals surface area contributed by atoms with Gasteiger partial charge in [-0.2, -0.15) is 0 Å². The molecule has 4 nitrogen and oxygen atoms in total. The molecule has 0 saturated carbocycles. The second kappa shape index (κ2) is 6.79. The zero-order valence-corrected chi connectivity index (χ0v) is 16.0. The molecule has 0 saturated heterocycles. The first-order valence-corrected chi connectivity index (χ1v) is 9.10. The Balaban J connectivity index is 1.80. The predicted molar refractivity (Wildman–Crippen MR) is 104 cm³/mol. The first-order valence-electron chi connectivity index (χ1n) is 8.31. The van der Waals surface area contributed by atoms with Crippen molar-refractivity contribution in [2.45, 2.75) is 13.5 Å². The van der Waals surface area contributed by atoms with Crippen molar-refractivity contribution in [3.63, 3.8) is 0 Å². The van der Waals surface area contributed by atoms with Gasteiger partial charge in [0.15, 0.2) is 5.76 Å². The van der Waals surface area contributed by atoms with E-state index in [1.165, 1.54) is 16.7 Å². The van der Waals surface area contributed by atoms with E-state index in [0.717, 1.165) is 5.39 Å². The van der Waals surface area contributed by atoms with E-state index < -0.39 is 5.82 Å². The molecule has 4 aromatic rings. The highest BCUT2D eigenvalue weighted by Gasteiger charge is 2.22. The lowest BCUT2D eigenvalue weighted by Crippen LogP contribution is -2.12. The summed E-state index contributed by atoms with van der Waals surface area (Å²) in [6.45, 7) is 1.61. The topological polar surface area (TPSA) is 55.4 Å². The maximum atomic E-state index is 14.2. The molecule has 0 bridgehead atoms. The van der Waals surface area contributed by atoms with Gasteiger partial charge in [0.1, 0.15) is 11.6 Å². The highest BCUT2D eigenvalue weighted by atomic mass is 79.9. The molecule has 0 fully saturated rings. The number of benzene rings is 2. The predicted octanol–water partition coefficient (Wildman–Crippen LogP) is 5.29. The minimum absolute atomic E-state index is 0.0978. The molecule has 0 aliphatic heterocycles. The van der Waals surface area contributed by atoms with Gasteiger partial charge in [-0.25, -0.2) is 4.39 Å². The van der Waals surface area contributed by atoms with Gasteiger partial charge in [-0.15, -0.1) is 0 Å². The van der Waals surface area contributed by atoms with Crippen LogP contribution >= 0.6 is 15.9 Å². The van der Waals surface area contributed by atoms with Crippen molar-refractivity contribution in [2.75, 3.05) is 0 Å². The summed E-state index contributed by atoms with van der Waals surface area (Å²) in [4.78, 5) is 13.1. The molecule has 4 rings (SSSR count). The molecule has 0 spiro atoms. The molecule has 0 aliphatic carbocycles. The highest BCUT2D eigenvalue weighted by Crippen LogP contribution is 2.30. The van der Waals surface area contributed by atoms with Crippen LogP contribution < -0.4 is 0 Å². The van der Waals surface area contributed by atoms with Gasteiger partial charge in [-0.1, -0.05) is 34.1 Å². The van der Waals surface area contributed by atoms with E-state index in [9.17, 15) is 14.3 Å². The van der Waals surface area contributed by atoms with Crippen molar-refractivity contribution in [1.82, 2.24) is 4.57 Å². The van der Waals surface area contributed by atoms with Crippen LogP contribution in [0.5, 0.6) is 0 Å². The Morgan fingerprint density at radius 2 is 1.96 bits per heavy atom. The van der Waals surface area contributed by atoms with Gasteiger partial charge < -0.3 is 9.52 Å². The van der Waals surface area contributed by atoms with E-state index >= 15 is 0 Å². The first-order chi connectivity index (χ1) is 13.0. The van der Waals surface area contributed by atoms with E-state index in [2.05, 4.69) is 15.9 Å². The van der Waals surface area contributed by atoms with Crippen molar-refractivity contribution >= 4 is 32.7 Å². The molecular formula is C21H15BrFNO3. The number of halogens is 2. The number of fused-ring (bicyclic) bond motifs is 1. The van der Waals surface area contributed by atoms with Crippen LogP contribution in [0.2, 0.25) is 0 Å². The maximum absolute atomic E-state index is 14.2. The molecular weight excluding hydrogens is 413 g/mol. The fraction of sp³-hybridized carbons (Fsp3) is 0.0952. The van der Waals surface area contributed by atoms with Gasteiger partial charge in [0.2, 0.25) is 0 Å². The molecule has 1 N–H and O–H groups in total. The van der Waals surface area contributed by atoms with Crippen LogP contribution in [0.4, 0.5) is 4.39 Å². The van der Waals surface area contributed by atoms with Crippen LogP contribution in [0.25, 0.3) is 22.2 Å². The van der Waals surface area contributed by atoms with Crippen LogP contribution in [0.3, 0.4) is 0 Å². The lowest BCUT2D eigenvalue weighted by atomic mass is 10.1. The summed E-state index contributed by atoms with van der Waals surface area (Å²) in [5.74, 6) is -0.435. The van der Waals surface area contributed by atoms with Gasteiger partial charge in [-0.3, -0.25) is 9.36 Å². The van der Waals surface area contributed by atoms with Crippen molar-refractivity contribution in [3.05, 3.63) is 81.9 Å². The van der Waals surface area contributed by atoms with Crippen LogP contribution in [0, 0.1) is 12.7 Å². The SMILES string of the molecule is Cc1c(CO)c2ccccc2n1C(=O)c1ccc(-c2ccc(Br)cc2F)o1. The summed E-state index contributed by atoms with van der Waals surface area (Å²) in [5.41, 5.74) is 2.32. The number of aliphatic hydroxyl groups is 1. The summed E-state index contributed by atoms with van der Waals surface area (Å²) in [5, 5.41) is 10.5. The Bertz CT molecular complexity index is 1180. The first kappa shape index (κ1) is 17.7. The number of nitrogens with zero attached hydrogens (tertiary/aromatic N) is 1. The van der Waals surface area contributed by atoms with Crippen molar-refractivity contribution < 1.29 is 18.7 Å². The van der Waals surface area contributed by atoms with Crippen LogP contribution in [0.15, 0.2) is 63.5 Å². The minimum Gasteiger partial charge on any atom is -0.451 e. The van der Waals surface area contributed by atoms with Crippen LogP contribution in [-0.2, 0) is 6.61 Å². The van der Waals surface area contributed by atoms with Crippen LogP contribution in [0.1, 0.15) is 21.8 Å². The molecule has 0 unspecified atom stereocenters. The number of carbonyl (C=O) groups is 1. The Labute approximate surface area is 163 Å². The number of furan rings is 1. The minimum atomic E-state index is -0.442. The van der Waals surface area contributed by atoms with Crippen molar-refractivity contribution in [1.29, 1.82) is 0 Å². The van der Waals surface area contributed by atoms with E-state index in [0.29, 0.717) is 21.2 Å². The maximum Gasteiger partial charge on any atom is 0.298 e. The Hall–Kier alpha value is -2.70. The standard InChI is InChI=1S/C21H15BrFNO3/c1-12-16(11-25)14-4-2-3-5-18(14)24(12)21(26)20-9-8-19(27-20)15-7-6-13(22)10-17(15)23/h2-10,25H,11H2,1H3. The molecule has 2 aromatic carbocycles. The van der Waals surface area contributed by atoms with Crippen LogP contribution in [-0.4, -0.2) is 15.6 Å². The second-order valence-corrected chi connectivity index (χ2v) is 7.08. The number of hydrogen-bond acceptors (Lipinski definition) is 3. The summed E-state index contributed by atoms with van der Waals surface area (Å²) in [6, 6.07) is 15.1. The number of hydrogen-bond donors (Lipinski definition) is 1. The summed E-state index contributed by atoms with van der Waals surface area (Å²) in [6.07, 6.45) is 0. The molecule has 0 amide bonds. The summed E-state index contributed by atoms with van der Waals surface area (Å²) < 4.78 is 22.0. The number of para-hydroxylation sites is 1. The van der Waals surface area contributed by atoms with E-state index in [-0.39, 0.29) is 29.6 Å². The molecule has 0 radical (unpaired) electrons. The molecule has 136 valence electrons. The van der Waals surface area contributed by atoms with Gasteiger partial charge in [0.05, 0.1) is 17.7 Å². The third kappa shape index (κ3) is 2.91. The molecule has 6 heteroatoms. The van der Waals surface area contributed by atoms with E-state index in [1.807, 2.05) is 24.3 Å². The monoisotopic (exact) mass is 427 g/mol. The Kier molecular flexibility index (Phi) is 4.45. The number of rotatable bonds is 3. The summed E-state index contributed by atoms with van der Waals surface area (Å²) >= 11 is 3.22. The molecule has 27 heavy (non-hydrogen) atoms. The van der Waals surface area contributed by atoms with E-state index in [1.54, 1.807) is 25.1 Å². The highest BCUT2D eigenvalue weighted by molar-refractivity contribution is 9.10. The number of aliphatic hydroxyl groups excluding tert-OH is 1. The quantitative estimate of drug-likeness (QED) is 0.483. The average molecular weight is 428 g/mol. The zero-order valence-electron chi connectivity index (χ0n) is 14.4. The van der Waals surface area contributed by atoms with Gasteiger partial charge in [-0.05, 0) is 43.3 Å². The van der Waals surface area contributed by atoms with Crippen molar-refractivity contribution in [3.8, 4) is 11.3 Å². The van der Waals surface area contributed by atoms with E-state index in [4.69, 9.17) is 4.42 Å². The third-order valence-electron chi connectivity index (χ3n) is 4.62. The summed E-state index contributed by atoms with van der Waals surface area (Å²) in [7, 11) is 0. The second-order valence-electron chi connectivity index (χ2n) is 6.17. The Morgan fingerprint density at radius 1 is 1.19 bits per heavy atom.